The van der Waals surface area contributed by atoms with Gasteiger partial charge in [0.15, 0.2) is 5.60 Å². The quantitative estimate of drug-likeness (QED) is 0.486. The average Bonchev–Trinajstić information content (AvgIpc) is 3.32. The molecule has 0 radical (unpaired) electrons. The lowest BCUT2D eigenvalue weighted by molar-refractivity contribution is 0.151. The maximum absolute atomic E-state index is 11.3. The third-order valence-corrected chi connectivity index (χ3v) is 6.37. The fraction of sp³-hybridized carbons (Fsp3) is 0.0476. The van der Waals surface area contributed by atoms with Crippen LogP contribution in [-0.4, -0.2) is 5.11 Å². The Labute approximate surface area is 148 Å². The van der Waals surface area contributed by atoms with Gasteiger partial charge in [-0.1, -0.05) is 54.5 Å². The molecule has 4 rings (SSSR count). The zero-order chi connectivity index (χ0) is 16.6. The third-order valence-electron chi connectivity index (χ3n) is 4.11. The van der Waals surface area contributed by atoms with Crippen LogP contribution in [0.2, 0.25) is 0 Å². The van der Waals surface area contributed by atoms with Crippen molar-refractivity contribution in [3.05, 3.63) is 82.6 Å². The van der Waals surface area contributed by atoms with E-state index in [4.69, 9.17) is 6.42 Å². The van der Waals surface area contributed by atoms with Crippen molar-refractivity contribution in [2.45, 2.75) is 5.60 Å². The van der Waals surface area contributed by atoms with Crippen molar-refractivity contribution >= 4 is 33.4 Å². The number of aliphatic hydroxyl groups is 1. The van der Waals surface area contributed by atoms with Crippen LogP contribution in [0.5, 0.6) is 0 Å². The fourth-order valence-electron chi connectivity index (χ4n) is 2.91. The molecule has 2 aromatic carbocycles. The van der Waals surface area contributed by atoms with Gasteiger partial charge in [0.05, 0.1) is 4.88 Å². The van der Waals surface area contributed by atoms with Crippen LogP contribution in [0, 0.1) is 12.3 Å². The number of thiophene rings is 2. The molecule has 0 spiro atoms. The van der Waals surface area contributed by atoms with Crippen LogP contribution in [0.3, 0.4) is 0 Å². The zero-order valence-electron chi connectivity index (χ0n) is 12.8. The fourth-order valence-corrected chi connectivity index (χ4v) is 4.81. The number of benzene rings is 2. The summed E-state index contributed by atoms with van der Waals surface area (Å²) >= 11 is 3.23. The molecule has 0 saturated carbocycles. The maximum Gasteiger partial charge on any atom is 0.186 e. The van der Waals surface area contributed by atoms with E-state index in [-0.39, 0.29) is 0 Å². The van der Waals surface area contributed by atoms with Crippen molar-refractivity contribution in [1.29, 1.82) is 0 Å². The second kappa shape index (κ2) is 5.92. The number of terminal acetylenes is 1. The Morgan fingerprint density at radius 1 is 0.875 bits per heavy atom. The first-order chi connectivity index (χ1) is 11.7. The van der Waals surface area contributed by atoms with E-state index in [1.165, 1.54) is 4.88 Å². The summed E-state index contributed by atoms with van der Waals surface area (Å²) in [5, 5.41) is 15.4. The summed E-state index contributed by atoms with van der Waals surface area (Å²) in [4.78, 5) is 3.07. The van der Waals surface area contributed by atoms with Crippen molar-refractivity contribution in [1.82, 2.24) is 0 Å². The molecule has 1 N–H and O–H groups in total. The van der Waals surface area contributed by atoms with E-state index in [9.17, 15) is 5.11 Å². The highest BCUT2D eigenvalue weighted by molar-refractivity contribution is 7.21. The van der Waals surface area contributed by atoms with E-state index >= 15 is 0 Å². The molecule has 2 aromatic heterocycles. The topological polar surface area (TPSA) is 20.2 Å². The molecule has 24 heavy (non-hydrogen) atoms. The number of fused-ring (bicyclic) bond motifs is 1. The summed E-state index contributed by atoms with van der Waals surface area (Å²) < 4.78 is 0. The van der Waals surface area contributed by atoms with E-state index in [1.54, 1.807) is 22.7 Å². The Kier molecular flexibility index (Phi) is 3.74. The number of hydrogen-bond donors (Lipinski definition) is 1. The van der Waals surface area contributed by atoms with Crippen molar-refractivity contribution in [3.63, 3.8) is 0 Å². The van der Waals surface area contributed by atoms with Crippen molar-refractivity contribution < 1.29 is 5.11 Å². The average molecular weight is 346 g/mol. The second-order valence-electron chi connectivity index (χ2n) is 5.52. The summed E-state index contributed by atoms with van der Waals surface area (Å²) in [6.07, 6.45) is 5.80. The van der Waals surface area contributed by atoms with Crippen LogP contribution in [0.4, 0.5) is 0 Å². The van der Waals surface area contributed by atoms with Crippen LogP contribution in [0.25, 0.3) is 20.5 Å². The number of rotatable bonds is 3. The highest BCUT2D eigenvalue weighted by Crippen LogP contribution is 2.41. The molecule has 1 unspecified atom stereocenters. The van der Waals surface area contributed by atoms with Crippen LogP contribution < -0.4 is 0 Å². The van der Waals surface area contributed by atoms with Gasteiger partial charge in [-0.3, -0.25) is 0 Å². The predicted molar refractivity (Wildman–Crippen MR) is 103 cm³/mol. The van der Waals surface area contributed by atoms with Crippen LogP contribution in [0.15, 0.2) is 72.1 Å². The Hall–Kier alpha value is -2.38. The molecule has 3 heteroatoms. The van der Waals surface area contributed by atoms with Crippen LogP contribution in [-0.2, 0) is 5.60 Å². The summed E-state index contributed by atoms with van der Waals surface area (Å²) in [5.74, 6) is 2.63. The third kappa shape index (κ3) is 2.37. The Balaban J connectivity index is 1.89. The molecule has 1 atom stereocenters. The first-order valence-corrected chi connectivity index (χ1v) is 9.24. The SMILES string of the molecule is C#CC(O)(c1ccc(-c2cccs2)s1)c1cccc2ccccc12. The molecule has 0 bridgehead atoms. The molecule has 4 aromatic rings. The van der Waals surface area contributed by atoms with E-state index in [0.717, 1.165) is 26.1 Å². The molecule has 0 amide bonds. The van der Waals surface area contributed by atoms with Crippen molar-refractivity contribution in [3.8, 4) is 22.1 Å². The van der Waals surface area contributed by atoms with Gasteiger partial charge in [0.2, 0.25) is 0 Å². The Bertz CT molecular complexity index is 1030. The molecule has 0 aliphatic carbocycles. The minimum atomic E-state index is -1.43. The van der Waals surface area contributed by atoms with Crippen LogP contribution >= 0.6 is 22.7 Å². The van der Waals surface area contributed by atoms with Crippen molar-refractivity contribution in [2.75, 3.05) is 0 Å². The summed E-state index contributed by atoms with van der Waals surface area (Å²) in [6, 6.07) is 21.9. The van der Waals surface area contributed by atoms with E-state index in [1.807, 2.05) is 66.0 Å². The zero-order valence-corrected chi connectivity index (χ0v) is 14.4. The van der Waals surface area contributed by atoms with Gasteiger partial charge in [0.1, 0.15) is 0 Å². The predicted octanol–water partition coefficient (Wildman–Crippen LogP) is 5.50. The van der Waals surface area contributed by atoms with Gasteiger partial charge in [0.25, 0.3) is 0 Å². The highest BCUT2D eigenvalue weighted by Gasteiger charge is 2.32. The maximum atomic E-state index is 11.3. The molecule has 0 fully saturated rings. The van der Waals surface area contributed by atoms with Gasteiger partial charge in [-0.05, 0) is 34.4 Å². The lowest BCUT2D eigenvalue weighted by Crippen LogP contribution is -2.24. The lowest BCUT2D eigenvalue weighted by Gasteiger charge is -2.23. The van der Waals surface area contributed by atoms with E-state index < -0.39 is 5.60 Å². The Morgan fingerprint density at radius 2 is 1.71 bits per heavy atom. The molecular weight excluding hydrogens is 332 g/mol. The van der Waals surface area contributed by atoms with Gasteiger partial charge >= 0.3 is 0 Å². The molecule has 1 nitrogen and oxygen atoms in total. The largest absolute Gasteiger partial charge is 0.369 e. The summed E-state index contributed by atoms with van der Waals surface area (Å²) in [7, 11) is 0. The van der Waals surface area contributed by atoms with Gasteiger partial charge in [-0.2, -0.15) is 0 Å². The van der Waals surface area contributed by atoms with E-state index in [0.29, 0.717) is 0 Å². The van der Waals surface area contributed by atoms with Gasteiger partial charge < -0.3 is 5.11 Å². The molecule has 2 heterocycles. The first-order valence-electron chi connectivity index (χ1n) is 7.55. The standard InChI is InChI=1S/C21H14OS2/c1-2-21(22,17-10-5-8-15-7-3-4-9-16(15)17)20-13-12-19(24-20)18-11-6-14-23-18/h1,3-14,22H. The smallest absolute Gasteiger partial charge is 0.186 e. The summed E-state index contributed by atoms with van der Waals surface area (Å²) in [5.41, 5.74) is -0.677. The first kappa shape index (κ1) is 15.2. The van der Waals surface area contributed by atoms with Gasteiger partial charge in [0, 0.05) is 15.3 Å². The van der Waals surface area contributed by atoms with Crippen molar-refractivity contribution in [2.24, 2.45) is 0 Å². The Morgan fingerprint density at radius 3 is 2.50 bits per heavy atom. The minimum Gasteiger partial charge on any atom is -0.369 e. The lowest BCUT2D eigenvalue weighted by atomic mass is 9.89. The number of hydrogen-bond acceptors (Lipinski definition) is 3. The molecule has 116 valence electrons. The second-order valence-corrected chi connectivity index (χ2v) is 7.55. The normalized spacial score (nSPS) is 13.5. The summed E-state index contributed by atoms with van der Waals surface area (Å²) in [6.45, 7) is 0. The molecular formula is C21H14OS2. The minimum absolute atomic E-state index is 0.752. The molecule has 0 aliphatic rings. The molecule has 0 saturated heterocycles. The highest BCUT2D eigenvalue weighted by atomic mass is 32.1. The van der Waals surface area contributed by atoms with Gasteiger partial charge in [-0.15, -0.1) is 29.1 Å². The molecule has 0 aliphatic heterocycles. The van der Waals surface area contributed by atoms with Crippen LogP contribution in [0.1, 0.15) is 10.4 Å². The van der Waals surface area contributed by atoms with Gasteiger partial charge in [-0.25, -0.2) is 0 Å². The van der Waals surface area contributed by atoms with E-state index in [2.05, 4.69) is 12.0 Å². The monoisotopic (exact) mass is 346 g/mol.